The van der Waals surface area contributed by atoms with Gasteiger partial charge in [0.2, 0.25) is 10.0 Å². The third-order valence-corrected chi connectivity index (χ3v) is 7.70. The van der Waals surface area contributed by atoms with E-state index in [0.29, 0.717) is 23.7 Å². The van der Waals surface area contributed by atoms with E-state index in [2.05, 4.69) is 6.58 Å². The van der Waals surface area contributed by atoms with Crippen LogP contribution in [-0.4, -0.2) is 63.4 Å². The molecule has 0 atom stereocenters. The Bertz CT molecular complexity index is 1080. The standard InChI is InChI=1S/C21H22Cl2N2O5S/c1-3-13-30-17-8-7-15(14-18(17)29-2)21(26)24-9-11-25(12-10-24)31(27,28)19-6-4-5-16(22)20(19)23/h3-8,14H,1,9-13H2,2H3. The van der Waals surface area contributed by atoms with E-state index in [-0.39, 0.29) is 47.0 Å². The van der Waals surface area contributed by atoms with Crippen molar-refractivity contribution in [3.8, 4) is 11.5 Å². The molecule has 1 aliphatic heterocycles. The molecule has 3 rings (SSSR count). The lowest BCUT2D eigenvalue weighted by Crippen LogP contribution is -2.50. The Morgan fingerprint density at radius 3 is 2.48 bits per heavy atom. The maximum absolute atomic E-state index is 13.0. The Morgan fingerprint density at radius 1 is 1.13 bits per heavy atom. The smallest absolute Gasteiger partial charge is 0.254 e. The minimum Gasteiger partial charge on any atom is -0.493 e. The van der Waals surface area contributed by atoms with Crippen LogP contribution in [0.5, 0.6) is 11.5 Å². The molecule has 2 aromatic carbocycles. The molecule has 0 aliphatic carbocycles. The van der Waals surface area contributed by atoms with E-state index in [1.54, 1.807) is 29.2 Å². The van der Waals surface area contributed by atoms with Gasteiger partial charge in [0.05, 0.1) is 17.2 Å². The fourth-order valence-corrected chi connectivity index (χ4v) is 5.36. The molecule has 0 unspecified atom stereocenters. The Labute approximate surface area is 191 Å². The third kappa shape index (κ3) is 4.98. The molecule has 0 spiro atoms. The van der Waals surface area contributed by atoms with Crippen LogP contribution in [0.1, 0.15) is 10.4 Å². The van der Waals surface area contributed by atoms with Crippen molar-refractivity contribution in [3.63, 3.8) is 0 Å². The van der Waals surface area contributed by atoms with Crippen LogP contribution in [0.15, 0.2) is 53.9 Å². The lowest BCUT2D eigenvalue weighted by atomic mass is 10.1. The first kappa shape index (κ1) is 23.4. The molecular weight excluding hydrogens is 463 g/mol. The molecule has 166 valence electrons. The first-order chi connectivity index (χ1) is 14.8. The van der Waals surface area contributed by atoms with Crippen LogP contribution < -0.4 is 9.47 Å². The molecule has 1 saturated heterocycles. The number of hydrogen-bond acceptors (Lipinski definition) is 5. The Hall–Kier alpha value is -2.26. The first-order valence-electron chi connectivity index (χ1n) is 9.44. The van der Waals surface area contributed by atoms with Crippen LogP contribution in [0.3, 0.4) is 0 Å². The summed E-state index contributed by atoms with van der Waals surface area (Å²) in [7, 11) is -2.32. The summed E-state index contributed by atoms with van der Waals surface area (Å²) in [4.78, 5) is 14.5. The SMILES string of the molecule is C=CCOc1ccc(C(=O)N2CCN(S(=O)(=O)c3cccc(Cl)c3Cl)CC2)cc1OC. The van der Waals surface area contributed by atoms with Gasteiger partial charge in [-0.05, 0) is 30.3 Å². The molecule has 1 fully saturated rings. The normalized spacial score (nSPS) is 14.9. The van der Waals surface area contributed by atoms with Crippen LogP contribution in [0.2, 0.25) is 10.0 Å². The van der Waals surface area contributed by atoms with Gasteiger partial charge in [0.15, 0.2) is 11.5 Å². The molecule has 0 bridgehead atoms. The average molecular weight is 485 g/mol. The van der Waals surface area contributed by atoms with Crippen LogP contribution in [-0.2, 0) is 10.0 Å². The van der Waals surface area contributed by atoms with E-state index in [1.807, 2.05) is 0 Å². The summed E-state index contributed by atoms with van der Waals surface area (Å²) < 4.78 is 38.0. The summed E-state index contributed by atoms with van der Waals surface area (Å²) in [6.07, 6.45) is 1.61. The summed E-state index contributed by atoms with van der Waals surface area (Å²) in [6, 6.07) is 9.41. The van der Waals surface area contributed by atoms with Gasteiger partial charge < -0.3 is 14.4 Å². The Balaban J connectivity index is 1.71. The minimum absolute atomic E-state index is 0.00599. The van der Waals surface area contributed by atoms with Gasteiger partial charge in [0.1, 0.15) is 11.5 Å². The summed E-state index contributed by atoms with van der Waals surface area (Å²) >= 11 is 12.1. The fourth-order valence-electron chi connectivity index (χ4n) is 3.21. The van der Waals surface area contributed by atoms with Crippen molar-refractivity contribution in [2.45, 2.75) is 4.90 Å². The predicted octanol–water partition coefficient (Wildman–Crippen LogP) is 3.71. The van der Waals surface area contributed by atoms with E-state index in [9.17, 15) is 13.2 Å². The summed E-state index contributed by atoms with van der Waals surface area (Å²) in [6.45, 7) is 4.70. The minimum atomic E-state index is -3.82. The number of methoxy groups -OCH3 is 1. The number of benzene rings is 2. The van der Waals surface area contributed by atoms with Crippen molar-refractivity contribution in [2.75, 3.05) is 39.9 Å². The summed E-state index contributed by atoms with van der Waals surface area (Å²) in [5.74, 6) is 0.726. The van der Waals surface area contributed by atoms with E-state index >= 15 is 0 Å². The van der Waals surface area contributed by atoms with Crippen molar-refractivity contribution in [1.82, 2.24) is 9.21 Å². The van der Waals surface area contributed by atoms with Gasteiger partial charge in [-0.15, -0.1) is 0 Å². The molecule has 10 heteroatoms. The number of hydrogen-bond donors (Lipinski definition) is 0. The number of amides is 1. The highest BCUT2D eigenvalue weighted by atomic mass is 35.5. The van der Waals surface area contributed by atoms with Crippen LogP contribution in [0, 0.1) is 0 Å². The zero-order chi connectivity index (χ0) is 22.6. The largest absolute Gasteiger partial charge is 0.493 e. The molecule has 0 N–H and O–H groups in total. The van der Waals surface area contributed by atoms with E-state index in [1.165, 1.54) is 29.6 Å². The molecule has 7 nitrogen and oxygen atoms in total. The molecule has 2 aromatic rings. The van der Waals surface area contributed by atoms with Crippen molar-refractivity contribution in [3.05, 3.63) is 64.7 Å². The zero-order valence-electron chi connectivity index (χ0n) is 16.9. The number of ether oxygens (including phenoxy) is 2. The highest BCUT2D eigenvalue weighted by Gasteiger charge is 2.32. The number of carbonyl (C=O) groups is 1. The van der Waals surface area contributed by atoms with Gasteiger partial charge >= 0.3 is 0 Å². The lowest BCUT2D eigenvalue weighted by Gasteiger charge is -2.34. The van der Waals surface area contributed by atoms with Crippen LogP contribution in [0.25, 0.3) is 0 Å². The molecule has 1 heterocycles. The number of sulfonamides is 1. The first-order valence-corrected chi connectivity index (χ1v) is 11.6. The van der Waals surface area contributed by atoms with Gasteiger partial charge in [-0.3, -0.25) is 4.79 Å². The second-order valence-corrected chi connectivity index (χ2v) is 9.41. The number of rotatable bonds is 7. The number of nitrogens with zero attached hydrogens (tertiary/aromatic N) is 2. The molecule has 0 radical (unpaired) electrons. The summed E-state index contributed by atoms with van der Waals surface area (Å²) in [5.41, 5.74) is 0.428. The van der Waals surface area contributed by atoms with Crippen LogP contribution >= 0.6 is 23.2 Å². The zero-order valence-corrected chi connectivity index (χ0v) is 19.2. The maximum Gasteiger partial charge on any atom is 0.254 e. The fraction of sp³-hybridized carbons (Fsp3) is 0.286. The van der Waals surface area contributed by atoms with Gasteiger partial charge in [-0.1, -0.05) is 41.9 Å². The van der Waals surface area contributed by atoms with Crippen molar-refractivity contribution < 1.29 is 22.7 Å². The highest BCUT2D eigenvalue weighted by Crippen LogP contribution is 2.32. The van der Waals surface area contributed by atoms with E-state index in [0.717, 1.165) is 0 Å². The average Bonchev–Trinajstić information content (AvgIpc) is 2.78. The Kier molecular flexibility index (Phi) is 7.48. The van der Waals surface area contributed by atoms with Gasteiger partial charge in [0.25, 0.3) is 5.91 Å². The third-order valence-electron chi connectivity index (χ3n) is 4.83. The molecular formula is C21H22Cl2N2O5S. The molecule has 1 aliphatic rings. The van der Waals surface area contributed by atoms with E-state index in [4.69, 9.17) is 32.7 Å². The second kappa shape index (κ2) is 9.91. The van der Waals surface area contributed by atoms with Gasteiger partial charge in [0, 0.05) is 31.7 Å². The van der Waals surface area contributed by atoms with Gasteiger partial charge in [-0.25, -0.2) is 8.42 Å². The highest BCUT2D eigenvalue weighted by molar-refractivity contribution is 7.89. The van der Waals surface area contributed by atoms with Crippen molar-refractivity contribution in [2.24, 2.45) is 0 Å². The number of carbonyl (C=O) groups excluding carboxylic acids is 1. The Morgan fingerprint density at radius 2 is 1.84 bits per heavy atom. The lowest BCUT2D eigenvalue weighted by molar-refractivity contribution is 0.0697. The molecule has 1 amide bonds. The second-order valence-electron chi connectivity index (χ2n) is 6.71. The van der Waals surface area contributed by atoms with Crippen molar-refractivity contribution >= 4 is 39.1 Å². The topological polar surface area (TPSA) is 76.2 Å². The van der Waals surface area contributed by atoms with Crippen molar-refractivity contribution in [1.29, 1.82) is 0 Å². The maximum atomic E-state index is 13.0. The summed E-state index contributed by atoms with van der Waals surface area (Å²) in [5, 5.41) is 0.166. The quantitative estimate of drug-likeness (QED) is 0.559. The van der Waals surface area contributed by atoms with Gasteiger partial charge in [-0.2, -0.15) is 4.31 Å². The molecule has 31 heavy (non-hydrogen) atoms. The predicted molar refractivity (Wildman–Crippen MR) is 120 cm³/mol. The number of piperazine rings is 1. The molecule has 0 saturated carbocycles. The van der Waals surface area contributed by atoms with Crippen LogP contribution in [0.4, 0.5) is 0 Å². The number of halogens is 2. The van der Waals surface area contributed by atoms with E-state index < -0.39 is 10.0 Å². The molecule has 0 aromatic heterocycles. The monoisotopic (exact) mass is 484 g/mol.